The molecule has 3 fully saturated rings. The zero-order valence-electron chi connectivity index (χ0n) is 62.6. The van der Waals surface area contributed by atoms with Crippen LogP contribution >= 0.6 is 45.6 Å². The van der Waals surface area contributed by atoms with Crippen molar-refractivity contribution >= 4 is 117 Å². The average Bonchev–Trinajstić information content (AvgIpc) is 1.76. The Balaban J connectivity index is 0.000000153. The number of ether oxygens (including phenoxy) is 4. The first kappa shape index (κ1) is 86.2. The first-order valence-corrected chi connectivity index (χ1v) is 43.8. The molecule has 3 saturated carbocycles. The Morgan fingerprint density at radius 1 is 0.615 bits per heavy atom. The molecule has 6 aliphatic rings. The Kier molecular flexibility index (Phi) is 26.9. The first-order chi connectivity index (χ1) is 55.6. The van der Waals surface area contributed by atoms with Gasteiger partial charge in [-0.05, 0) is 135 Å². The molecule has 3 aliphatic carbocycles. The highest BCUT2D eigenvalue weighted by atomic mass is 35.5. The molecule has 9 aromatic rings. The first-order valence-electron chi connectivity index (χ1n) is 36.5. The number of carbonyl (C=O) groups is 4. The number of nitrogens with one attached hydrogen (secondary N) is 3. The number of halogens is 3. The van der Waals surface area contributed by atoms with Crippen LogP contribution in [0.25, 0.3) is 0 Å². The third kappa shape index (κ3) is 21.1. The topological polar surface area (TPSA) is 524 Å². The van der Waals surface area contributed by atoms with Gasteiger partial charge in [0.25, 0.3) is 0 Å². The van der Waals surface area contributed by atoms with Gasteiger partial charge in [-0.25, -0.2) is 45.3 Å². The number of esters is 1. The summed E-state index contributed by atoms with van der Waals surface area (Å²) in [5.74, 6) is -5.21. The van der Waals surface area contributed by atoms with E-state index in [1.54, 1.807) is 25.1 Å². The van der Waals surface area contributed by atoms with Gasteiger partial charge in [0.05, 0.1) is 101 Å². The molecule has 11 heterocycles. The summed E-state index contributed by atoms with van der Waals surface area (Å²) in [6.45, 7) is 5.56. The summed E-state index contributed by atoms with van der Waals surface area (Å²) in [6.07, 6.45) is 8.65. The highest BCUT2D eigenvalue weighted by Crippen LogP contribution is 2.46. The van der Waals surface area contributed by atoms with Crippen LogP contribution in [0.3, 0.4) is 0 Å². The molecule has 0 spiro atoms. The number of aliphatic hydroxyl groups is 2. The van der Waals surface area contributed by atoms with E-state index < -0.39 is 91.6 Å². The summed E-state index contributed by atoms with van der Waals surface area (Å²) in [5, 5.41) is 52.0. The van der Waals surface area contributed by atoms with Crippen LogP contribution in [0.4, 0.5) is 26.2 Å². The normalized spacial score (nSPS) is 23.4. The number of anilines is 3. The average molecular weight is 1750 g/mol. The minimum atomic E-state index is -4.19. The molecule has 12 atom stereocenters. The minimum Gasteiger partial charge on any atom is -0.461 e. The molecule has 0 amide bonds. The lowest BCUT2D eigenvalue weighted by atomic mass is 9.93. The summed E-state index contributed by atoms with van der Waals surface area (Å²) in [7, 11) is -12.4. The Labute approximate surface area is 686 Å². The standard InChI is InChI=1S/C27H30ClN5O7S2.C24H25F2N5O6S2.C22H26N6O6S2/c1-14-19(26-20-7-17(28)3-2-15(20)4-5-38-26)9-23(41-14)25(35)21-11-31-13-32-27(21)33-18-6-16(12-39-42(30,36)37)22(8-18)40-24(34)10-29;1-12-16(21-15-3-2-4-29-22(15)24(25,26)10-36-21)7-19(38-12)20(33)17-8-28-11-30-23(17)31-14-5-13(18(32)6-14)9-37-39(27,34)35;1-12-4-17-21(33-3-2-28(17)27-12)14-6-19(35-10-14)20(30)16-8-24-11-25-22(16)26-15-5-13(18(29)7-15)9-34-36(23,31)32/h2-3,7,9,11,13,16,18,22,26H,4-6,8,10,12,29H2,1H3,(H2,30,36,37)(H,31,32,33);2-4,7-8,11,13-14,18,21,32H,5-6,9-10H2,1H3,(H2,27,34,35)(H,28,30,31);4,6,8,10-11,13,15,18,21,29H,2-3,5,7,9H2,1H3,(H2,23,31,32)(H,24,25,26)/t16-,18-,22+,26+;13-,14-,18+,21?;13-,15-,18+,21?/m111/s1. The second-order valence-corrected chi connectivity index (χ2v) is 36.1. The van der Waals surface area contributed by atoms with Gasteiger partial charge in [-0.1, -0.05) is 23.7 Å². The molecule has 1 aromatic carbocycles. The van der Waals surface area contributed by atoms with Crippen LogP contribution in [0.2, 0.25) is 5.02 Å². The van der Waals surface area contributed by atoms with E-state index in [-0.39, 0.29) is 109 Å². The van der Waals surface area contributed by atoms with Crippen molar-refractivity contribution in [1.29, 1.82) is 0 Å². The molecule has 624 valence electrons. The Hall–Kier alpha value is -8.68. The van der Waals surface area contributed by atoms with Crippen LogP contribution < -0.4 is 37.1 Å². The second kappa shape index (κ2) is 36.5. The van der Waals surface area contributed by atoms with Crippen LogP contribution in [-0.2, 0) is 86.1 Å². The van der Waals surface area contributed by atoms with Crippen LogP contribution in [-0.4, -0.2) is 186 Å². The van der Waals surface area contributed by atoms with Gasteiger partial charge >= 0.3 is 42.8 Å². The van der Waals surface area contributed by atoms with Crippen LogP contribution in [0.5, 0.6) is 0 Å². The van der Waals surface area contributed by atoms with Crippen molar-refractivity contribution in [2.75, 3.05) is 62.1 Å². The smallest absolute Gasteiger partial charge is 0.333 e. The van der Waals surface area contributed by atoms with Gasteiger partial charge in [0.1, 0.15) is 73.2 Å². The Morgan fingerprint density at radius 2 is 1.12 bits per heavy atom. The van der Waals surface area contributed by atoms with Crippen LogP contribution in [0, 0.1) is 38.5 Å². The van der Waals surface area contributed by atoms with E-state index in [1.807, 2.05) is 60.3 Å². The highest BCUT2D eigenvalue weighted by molar-refractivity contribution is 7.84. The fourth-order valence-electron chi connectivity index (χ4n) is 15.0. The Bertz CT molecular complexity index is 5530. The predicted octanol–water partition coefficient (Wildman–Crippen LogP) is 6.29. The highest BCUT2D eigenvalue weighted by Gasteiger charge is 2.45. The third-order valence-electron chi connectivity index (χ3n) is 20.4. The number of alkyl halides is 2. The van der Waals surface area contributed by atoms with Gasteiger partial charge in [-0.15, -0.1) is 34.0 Å². The van der Waals surface area contributed by atoms with Crippen molar-refractivity contribution in [2.45, 2.75) is 133 Å². The van der Waals surface area contributed by atoms with Crippen molar-refractivity contribution in [3.63, 3.8) is 0 Å². The van der Waals surface area contributed by atoms with E-state index in [1.165, 1.54) is 77.8 Å². The second-order valence-electron chi connectivity index (χ2n) is 28.6. The zero-order chi connectivity index (χ0) is 83.4. The van der Waals surface area contributed by atoms with E-state index >= 15 is 0 Å². The summed E-state index contributed by atoms with van der Waals surface area (Å²) < 4.78 is 135. The van der Waals surface area contributed by atoms with E-state index in [2.05, 4.69) is 64.3 Å². The lowest BCUT2D eigenvalue weighted by molar-refractivity contribution is -0.149. The van der Waals surface area contributed by atoms with Crippen molar-refractivity contribution in [3.8, 4) is 0 Å². The molecule has 0 bridgehead atoms. The van der Waals surface area contributed by atoms with Crippen molar-refractivity contribution in [2.24, 2.45) is 38.9 Å². The van der Waals surface area contributed by atoms with E-state index in [9.17, 15) is 63.4 Å². The van der Waals surface area contributed by atoms with E-state index in [4.69, 9.17) is 55.9 Å². The van der Waals surface area contributed by atoms with Crippen molar-refractivity contribution < 1.29 is 94.9 Å². The number of benzene rings is 1. The summed E-state index contributed by atoms with van der Waals surface area (Å²) in [4.78, 5) is 84.4. The molecular formula is C73H81ClF2N16O19S6. The van der Waals surface area contributed by atoms with E-state index in [0.29, 0.717) is 94.3 Å². The van der Waals surface area contributed by atoms with Gasteiger partial charge in [-0.3, -0.25) is 41.4 Å². The number of aryl methyl sites for hydroxylation is 3. The molecule has 15 rings (SSSR count). The van der Waals surface area contributed by atoms with Gasteiger partial charge in [-0.2, -0.15) is 39.1 Å². The molecule has 2 unspecified atom stereocenters. The number of fused-ring (bicyclic) bond motifs is 3. The number of nitrogens with two attached hydrogens (primary N) is 4. The molecule has 35 nitrogen and oxygen atoms in total. The molecule has 117 heavy (non-hydrogen) atoms. The number of nitrogens with zero attached hydrogens (tertiary/aromatic N) is 9. The van der Waals surface area contributed by atoms with Crippen LogP contribution in [0.15, 0.2) is 104 Å². The van der Waals surface area contributed by atoms with Crippen LogP contribution in [0.1, 0.15) is 163 Å². The minimum absolute atomic E-state index is 0.183. The van der Waals surface area contributed by atoms with Crippen molar-refractivity contribution in [1.82, 2.24) is 44.7 Å². The number of carbonyl (C=O) groups excluding carboxylic acids is 4. The maximum absolute atomic E-state index is 14.4. The molecular weight excluding hydrogens is 1670 g/mol. The summed E-state index contributed by atoms with van der Waals surface area (Å²) in [6, 6.07) is 15.3. The SMILES string of the molecule is Cc1cc2n(n1)CCOC2c1csc(C(=O)c2cncnc2N[C@@H]2C[C@H](COS(N)(=O)=O)[C@@H](O)C2)c1.Cc1sc(C(=O)c2cncnc2N[C@@H]2C[C@H](COS(N)(=O)=O)[C@@H](O)C2)cc1C1OCC(F)(F)c2ncccc21.Cc1sc(C(=O)c2cncnc2N[C@@H]2C[C@H](COS(N)(=O)=O)[C@@H](OC(=O)CN)C2)cc1[C@@H]1OCCc2ccc(Cl)cc21. The lowest BCUT2D eigenvalue weighted by Crippen LogP contribution is -2.32. The molecule has 44 heteroatoms. The van der Waals surface area contributed by atoms with Gasteiger partial charge in [0.2, 0.25) is 17.3 Å². The number of hydrogen-bond donors (Lipinski definition) is 9. The fourth-order valence-corrected chi connectivity index (χ4v) is 19.2. The number of thiophene rings is 3. The molecule has 13 N–H and O–H groups in total. The largest absolute Gasteiger partial charge is 0.461 e. The molecule has 0 saturated heterocycles. The van der Waals surface area contributed by atoms with Gasteiger partial charge < -0.3 is 50.8 Å². The van der Waals surface area contributed by atoms with E-state index in [0.717, 1.165) is 49.8 Å². The van der Waals surface area contributed by atoms with Gasteiger partial charge in [0.15, 0.2) is 0 Å². The number of pyridine rings is 1. The third-order valence-corrected chi connectivity index (χ3v) is 25.1. The number of aliphatic hydroxyl groups excluding tert-OH is 2. The monoisotopic (exact) mass is 1750 g/mol. The number of aromatic nitrogens is 9. The molecule has 0 radical (unpaired) electrons. The number of hydrogen-bond acceptors (Lipinski definition) is 34. The number of ketones is 3. The Morgan fingerprint density at radius 3 is 1.66 bits per heavy atom. The number of rotatable bonds is 26. The van der Waals surface area contributed by atoms with Gasteiger partial charge in [0, 0.05) is 87.4 Å². The maximum atomic E-state index is 14.4. The summed E-state index contributed by atoms with van der Waals surface area (Å²) in [5.41, 5.74) is 12.5. The molecule has 8 aromatic heterocycles. The van der Waals surface area contributed by atoms with Crippen molar-refractivity contribution in [3.05, 3.63) is 200 Å². The quantitative estimate of drug-likeness (QED) is 0.0212. The summed E-state index contributed by atoms with van der Waals surface area (Å²) >= 11 is 10.2. The zero-order valence-corrected chi connectivity index (χ0v) is 68.3. The lowest BCUT2D eigenvalue weighted by Gasteiger charge is -2.30. The fraction of sp³-hybridized carbons (Fsp3) is 0.425. The predicted molar refractivity (Wildman–Crippen MR) is 421 cm³/mol. The maximum Gasteiger partial charge on any atom is 0.333 e. The molecule has 3 aliphatic heterocycles.